The van der Waals surface area contributed by atoms with Crippen LogP contribution in [0, 0.1) is 0 Å². The number of hydrogen-bond acceptors (Lipinski definition) is 1. The van der Waals surface area contributed by atoms with Crippen LogP contribution in [0.5, 0.6) is 0 Å². The van der Waals surface area contributed by atoms with Gasteiger partial charge in [0.05, 0.1) is 0 Å². The van der Waals surface area contributed by atoms with Crippen molar-refractivity contribution >= 4 is 30.3 Å². The maximum absolute atomic E-state index is 4.89. The summed E-state index contributed by atoms with van der Waals surface area (Å²) in [5.41, 5.74) is 0. The number of rotatable bonds is 0. The second kappa shape index (κ2) is 53.1. The van der Waals surface area contributed by atoms with Crippen LogP contribution < -0.4 is 51.4 Å². The third-order valence-electron chi connectivity index (χ3n) is 0. The van der Waals surface area contributed by atoms with Crippen molar-refractivity contribution in [3.8, 4) is 0 Å². The Balaban J connectivity index is -0.00000000214. The summed E-state index contributed by atoms with van der Waals surface area (Å²) in [6.07, 6.45) is 0. The summed E-state index contributed by atoms with van der Waals surface area (Å²) in [4.78, 5) is 0. The van der Waals surface area contributed by atoms with Gasteiger partial charge in [-0.25, -0.2) is 0 Å². The van der Waals surface area contributed by atoms with Crippen LogP contribution in [0.15, 0.2) is 0 Å². The largest absolute Gasteiger partial charge is 1.00 e. The Morgan fingerprint density at radius 2 is 0.636 bits per heavy atom. The molecule has 0 heterocycles. The first-order chi connectivity index (χ1) is 1.73. The van der Waals surface area contributed by atoms with Crippen molar-refractivity contribution in [2.75, 3.05) is 0 Å². The molecule has 11 N–H and O–H groups in total. The third kappa shape index (κ3) is 192. The van der Waals surface area contributed by atoms with Crippen molar-refractivity contribution in [2.45, 2.75) is 0 Å². The van der Waals surface area contributed by atoms with Crippen molar-refractivity contribution in [2.24, 2.45) is 0 Å². The zero-order valence-electron chi connectivity index (χ0n) is 5.43. The summed E-state index contributed by atoms with van der Waals surface area (Å²) in [7, 11) is 14.7. The first-order valence-corrected chi connectivity index (χ1v) is 4.96. The van der Waals surface area contributed by atoms with E-state index in [1.807, 2.05) is 0 Å². The van der Waals surface area contributed by atoms with E-state index in [1.165, 1.54) is 0 Å². The van der Waals surface area contributed by atoms with Crippen molar-refractivity contribution in [1.82, 2.24) is 0 Å². The Kier molecular flexibility index (Phi) is 325. The van der Waals surface area contributed by atoms with Gasteiger partial charge < -0.3 is 32.9 Å². The molecule has 0 atom stereocenters. The molecule has 0 aromatic heterocycles. The fourth-order valence-electron chi connectivity index (χ4n) is 0. The van der Waals surface area contributed by atoms with Gasteiger partial charge in [-0.05, 0) is 0 Å². The Bertz CT molecular complexity index is 22.5. The van der Waals surface area contributed by atoms with Gasteiger partial charge >= 0.3 is 92.8 Å². The first kappa shape index (κ1) is 67.3. The first-order valence-electron chi connectivity index (χ1n) is 0.401. The van der Waals surface area contributed by atoms with Gasteiger partial charge in [0.2, 0.25) is 0 Å². The van der Waals surface area contributed by atoms with Gasteiger partial charge in [-0.15, -0.1) is 0 Å². The monoisotopic (exact) mass is 307 g/mol. The van der Waals surface area contributed by atoms with E-state index < -0.39 is 11.2 Å². The third-order valence-corrected chi connectivity index (χ3v) is 0. The van der Waals surface area contributed by atoms with Crippen LogP contribution in [-0.2, 0) is 11.2 Å². The van der Waals surface area contributed by atoms with E-state index in [4.69, 9.17) is 30.3 Å². The molecule has 0 aliphatic heterocycles. The van der Waals surface area contributed by atoms with Crippen LogP contribution in [0.25, 0.3) is 0 Å². The summed E-state index contributed by atoms with van der Waals surface area (Å²) >= 11 is -1.33. The second-order valence-electron chi connectivity index (χ2n) is 0.152. The number of hydrogen-bond donors (Lipinski definition) is 0. The molecule has 0 aromatic rings. The fraction of sp³-hybridized carbons (Fsp3) is 0. The minimum Gasteiger partial charge on any atom is -0.870 e. The molecule has 0 fully saturated rings. The van der Waals surface area contributed by atoms with E-state index in [0.717, 1.165) is 0 Å². The van der Waals surface area contributed by atoms with E-state index in [9.17, 15) is 0 Å². The maximum Gasteiger partial charge on any atom is 1.00 e. The smallest absolute Gasteiger partial charge is 0.870 e. The molecule has 0 aliphatic rings. The molecule has 0 aromatic carbocycles. The SMILES string of the molecule is O.O.O.O.O.[Cl][Fe]([Cl])[Cl].[K+].[OH-]. The van der Waals surface area contributed by atoms with Gasteiger partial charge in [-0.2, -0.15) is 0 Å². The Morgan fingerprint density at radius 1 is 0.636 bits per heavy atom. The van der Waals surface area contributed by atoms with Gasteiger partial charge in [-0.1, -0.05) is 0 Å². The van der Waals surface area contributed by atoms with Crippen molar-refractivity contribution in [3.05, 3.63) is 0 Å². The van der Waals surface area contributed by atoms with Crippen molar-refractivity contribution in [1.29, 1.82) is 0 Å². The van der Waals surface area contributed by atoms with E-state index in [1.54, 1.807) is 0 Å². The number of halogens is 3. The minimum absolute atomic E-state index is 0. The molecule has 0 saturated carbocycles. The van der Waals surface area contributed by atoms with Gasteiger partial charge in [-0.3, -0.25) is 0 Å². The van der Waals surface area contributed by atoms with E-state index in [0.29, 0.717) is 0 Å². The molecule has 0 amide bonds. The van der Waals surface area contributed by atoms with E-state index >= 15 is 0 Å². The van der Waals surface area contributed by atoms with Crippen LogP contribution in [-0.4, -0.2) is 32.9 Å². The Morgan fingerprint density at radius 3 is 0.636 bits per heavy atom. The fourth-order valence-corrected chi connectivity index (χ4v) is 0. The molecule has 0 unspecified atom stereocenters. The van der Waals surface area contributed by atoms with Gasteiger partial charge in [0.25, 0.3) is 0 Å². The standard InChI is InChI=1S/3ClH.Fe.K.6H2O/h3*1H;;;6*1H2/q;;;+3;+1;;;;;;/p-4. The maximum atomic E-state index is 4.89. The molecule has 0 rings (SSSR count). The summed E-state index contributed by atoms with van der Waals surface area (Å²) in [5, 5.41) is 0. The molecule has 0 saturated heterocycles. The van der Waals surface area contributed by atoms with Gasteiger partial charge in [0, 0.05) is 0 Å². The predicted molar refractivity (Wildman–Crippen MR) is 37.6 cm³/mol. The summed E-state index contributed by atoms with van der Waals surface area (Å²) in [5.74, 6) is 0. The van der Waals surface area contributed by atoms with Gasteiger partial charge in [0.1, 0.15) is 0 Å². The molecular weight excluding hydrogens is 297 g/mol. The summed E-state index contributed by atoms with van der Waals surface area (Å²) in [6.45, 7) is 0. The van der Waals surface area contributed by atoms with E-state index in [2.05, 4.69) is 0 Å². The zero-order chi connectivity index (χ0) is 3.58. The molecule has 11 heavy (non-hydrogen) atoms. The molecule has 0 spiro atoms. The quantitative estimate of drug-likeness (QED) is 0.397. The molecular formula is H11Cl3FeKO6. The second-order valence-corrected chi connectivity index (χ2v) is 5.62. The van der Waals surface area contributed by atoms with Crippen molar-refractivity contribution < 1.29 is 95.4 Å². The van der Waals surface area contributed by atoms with Crippen LogP contribution in [0.4, 0.5) is 0 Å². The Labute approximate surface area is 123 Å². The van der Waals surface area contributed by atoms with E-state index in [-0.39, 0.29) is 84.2 Å². The molecule has 0 bridgehead atoms. The van der Waals surface area contributed by atoms with Gasteiger partial charge in [0.15, 0.2) is 0 Å². The molecule has 6 nitrogen and oxygen atoms in total. The Hall–Kier alpha value is 2.79. The molecule has 77 valence electrons. The van der Waals surface area contributed by atoms with Crippen LogP contribution in [0.1, 0.15) is 0 Å². The average molecular weight is 308 g/mol. The topological polar surface area (TPSA) is 188 Å². The predicted octanol–water partition coefficient (Wildman–Crippen LogP) is -5.23. The summed E-state index contributed by atoms with van der Waals surface area (Å²) < 4.78 is 0. The zero-order valence-corrected chi connectivity index (χ0v) is 11.9. The normalized spacial score (nSPS) is 4.09. The van der Waals surface area contributed by atoms with Crippen LogP contribution >= 0.6 is 30.3 Å². The average Bonchev–Trinajstić information content (AvgIpc) is 0.811. The molecule has 0 radical (unpaired) electrons. The van der Waals surface area contributed by atoms with Crippen LogP contribution in [0.3, 0.4) is 0 Å². The molecule has 11 heteroatoms. The summed E-state index contributed by atoms with van der Waals surface area (Å²) in [6, 6.07) is 0. The van der Waals surface area contributed by atoms with Crippen LogP contribution in [0.2, 0.25) is 0 Å². The van der Waals surface area contributed by atoms with Crippen molar-refractivity contribution in [3.63, 3.8) is 0 Å². The minimum atomic E-state index is -1.33. The molecule has 0 aliphatic carbocycles.